The second kappa shape index (κ2) is 8.92. The van der Waals surface area contributed by atoms with E-state index in [1.807, 2.05) is 24.3 Å². The van der Waals surface area contributed by atoms with Crippen LogP contribution in [0.4, 0.5) is 0 Å². The van der Waals surface area contributed by atoms with Crippen LogP contribution in [-0.2, 0) is 16.0 Å². The normalized spacial score (nSPS) is 19.2. The van der Waals surface area contributed by atoms with Gasteiger partial charge in [0.05, 0.1) is 11.8 Å². The molecule has 0 heterocycles. The highest BCUT2D eigenvalue weighted by Crippen LogP contribution is 2.38. The fourth-order valence-corrected chi connectivity index (χ4v) is 2.73. The van der Waals surface area contributed by atoms with Crippen molar-refractivity contribution in [1.29, 1.82) is 0 Å². The molecule has 1 saturated carbocycles. The van der Waals surface area contributed by atoms with Crippen molar-refractivity contribution in [2.24, 2.45) is 11.8 Å². The molecular formula is C18H25ClN2O2. The minimum atomic E-state index is -0.147. The highest BCUT2D eigenvalue weighted by molar-refractivity contribution is 6.30. The van der Waals surface area contributed by atoms with E-state index in [1.54, 1.807) is 0 Å². The molecule has 1 aliphatic rings. The van der Waals surface area contributed by atoms with Gasteiger partial charge in [0.15, 0.2) is 0 Å². The Hall–Kier alpha value is -1.55. The van der Waals surface area contributed by atoms with Gasteiger partial charge in [-0.25, -0.2) is 0 Å². The summed E-state index contributed by atoms with van der Waals surface area (Å²) in [7, 11) is 0. The van der Waals surface area contributed by atoms with Crippen LogP contribution in [0.2, 0.25) is 5.02 Å². The minimum absolute atomic E-state index is 0.00679. The Morgan fingerprint density at radius 3 is 2.26 bits per heavy atom. The first-order chi connectivity index (χ1) is 11.1. The molecule has 4 nitrogen and oxygen atoms in total. The Balaban J connectivity index is 1.61. The summed E-state index contributed by atoms with van der Waals surface area (Å²) >= 11 is 5.84. The quantitative estimate of drug-likeness (QED) is 0.681. The van der Waals surface area contributed by atoms with Gasteiger partial charge in [0.25, 0.3) is 0 Å². The van der Waals surface area contributed by atoms with Gasteiger partial charge in [0, 0.05) is 18.1 Å². The molecule has 2 unspecified atom stereocenters. The highest BCUT2D eigenvalue weighted by Gasteiger charge is 2.47. The van der Waals surface area contributed by atoms with Crippen molar-refractivity contribution >= 4 is 23.4 Å². The predicted octanol–water partition coefficient (Wildman–Crippen LogP) is 2.94. The predicted molar refractivity (Wildman–Crippen MR) is 92.3 cm³/mol. The van der Waals surface area contributed by atoms with Crippen molar-refractivity contribution in [1.82, 2.24) is 10.6 Å². The molecule has 0 bridgehead atoms. The minimum Gasteiger partial charge on any atom is -0.356 e. The van der Waals surface area contributed by atoms with E-state index in [0.717, 1.165) is 31.2 Å². The number of amides is 2. The van der Waals surface area contributed by atoms with Crippen LogP contribution in [0.5, 0.6) is 0 Å². The van der Waals surface area contributed by atoms with Crippen molar-refractivity contribution < 1.29 is 9.59 Å². The van der Waals surface area contributed by atoms with E-state index in [2.05, 4.69) is 17.6 Å². The molecule has 0 aliphatic heterocycles. The van der Waals surface area contributed by atoms with E-state index >= 15 is 0 Å². The summed E-state index contributed by atoms with van der Waals surface area (Å²) in [4.78, 5) is 23.9. The molecule has 1 aliphatic carbocycles. The fraction of sp³-hybridized carbons (Fsp3) is 0.556. The molecule has 2 rings (SSSR count). The molecule has 1 fully saturated rings. The molecule has 0 aromatic heterocycles. The second-order valence-electron chi connectivity index (χ2n) is 6.11. The van der Waals surface area contributed by atoms with Crippen molar-refractivity contribution in [2.45, 2.75) is 39.0 Å². The van der Waals surface area contributed by atoms with Crippen LogP contribution >= 0.6 is 11.6 Å². The number of hydrogen-bond donors (Lipinski definition) is 2. The third-order valence-corrected chi connectivity index (χ3v) is 4.42. The van der Waals surface area contributed by atoms with E-state index in [0.29, 0.717) is 24.5 Å². The maximum Gasteiger partial charge on any atom is 0.223 e. The lowest BCUT2D eigenvalue weighted by atomic mass is 10.1. The Labute approximate surface area is 143 Å². The van der Waals surface area contributed by atoms with Gasteiger partial charge in [0.2, 0.25) is 11.8 Å². The molecule has 5 heteroatoms. The molecule has 126 valence electrons. The Bertz CT molecular complexity index is 530. The maximum atomic E-state index is 12.0. The zero-order chi connectivity index (χ0) is 16.7. The maximum absolute atomic E-state index is 12.0. The van der Waals surface area contributed by atoms with E-state index in [1.165, 1.54) is 0 Å². The van der Waals surface area contributed by atoms with Crippen molar-refractivity contribution in [3.05, 3.63) is 34.9 Å². The summed E-state index contributed by atoms with van der Waals surface area (Å²) in [6.07, 6.45) is 4.71. The summed E-state index contributed by atoms with van der Waals surface area (Å²) in [5.41, 5.74) is 1.13. The number of carbonyl (C=O) groups is 2. The molecule has 1 aromatic carbocycles. The summed E-state index contributed by atoms with van der Waals surface area (Å²) in [5.74, 6) is -0.259. The number of nitrogens with one attached hydrogen (secondary N) is 2. The van der Waals surface area contributed by atoms with Crippen molar-refractivity contribution in [2.75, 3.05) is 13.1 Å². The van der Waals surface area contributed by atoms with Crippen LogP contribution < -0.4 is 10.6 Å². The van der Waals surface area contributed by atoms with Crippen LogP contribution in [0.3, 0.4) is 0 Å². The van der Waals surface area contributed by atoms with Gasteiger partial charge in [-0.05, 0) is 37.0 Å². The number of hydrogen-bond acceptors (Lipinski definition) is 2. The lowest BCUT2D eigenvalue weighted by Gasteiger charge is -2.06. The largest absolute Gasteiger partial charge is 0.356 e. The summed E-state index contributed by atoms with van der Waals surface area (Å²) < 4.78 is 0. The molecular weight excluding hydrogens is 312 g/mol. The SMILES string of the molecule is CCCCCNC(=O)C1CC1C(=O)NCCc1ccc(Cl)cc1. The van der Waals surface area contributed by atoms with Crippen LogP contribution in [-0.4, -0.2) is 24.9 Å². The van der Waals surface area contributed by atoms with Gasteiger partial charge < -0.3 is 10.6 Å². The standard InChI is InChI=1S/C18H25ClN2O2/c1-2-3-4-10-20-17(22)15-12-16(15)18(23)21-11-9-13-5-7-14(19)8-6-13/h5-8,15-16H,2-4,9-12H2,1H3,(H,20,22)(H,21,23). The molecule has 0 radical (unpaired) electrons. The van der Waals surface area contributed by atoms with Crippen molar-refractivity contribution in [3.8, 4) is 0 Å². The van der Waals surface area contributed by atoms with Crippen LogP contribution in [0, 0.1) is 11.8 Å². The van der Waals surface area contributed by atoms with Crippen LogP contribution in [0.1, 0.15) is 38.2 Å². The highest BCUT2D eigenvalue weighted by atomic mass is 35.5. The zero-order valence-electron chi connectivity index (χ0n) is 13.6. The second-order valence-corrected chi connectivity index (χ2v) is 6.55. The number of halogens is 1. The molecule has 2 amide bonds. The lowest BCUT2D eigenvalue weighted by Crippen LogP contribution is -2.31. The third-order valence-electron chi connectivity index (χ3n) is 4.17. The number of benzene rings is 1. The average molecular weight is 337 g/mol. The van der Waals surface area contributed by atoms with Crippen molar-refractivity contribution in [3.63, 3.8) is 0 Å². The summed E-state index contributed by atoms with van der Waals surface area (Å²) in [6.45, 7) is 3.43. The number of carbonyl (C=O) groups excluding carboxylic acids is 2. The first kappa shape index (κ1) is 17.8. The van der Waals surface area contributed by atoms with Crippen LogP contribution in [0.15, 0.2) is 24.3 Å². The third kappa shape index (κ3) is 5.87. The molecule has 23 heavy (non-hydrogen) atoms. The van der Waals surface area contributed by atoms with Crippen LogP contribution in [0.25, 0.3) is 0 Å². The molecule has 2 atom stereocenters. The van der Waals surface area contributed by atoms with Gasteiger partial charge in [-0.3, -0.25) is 9.59 Å². The molecule has 0 saturated heterocycles. The molecule has 1 aromatic rings. The topological polar surface area (TPSA) is 58.2 Å². The van der Waals surface area contributed by atoms with E-state index in [4.69, 9.17) is 11.6 Å². The summed E-state index contributed by atoms with van der Waals surface area (Å²) in [6, 6.07) is 7.60. The first-order valence-corrected chi connectivity index (χ1v) is 8.79. The van der Waals surface area contributed by atoms with Gasteiger partial charge >= 0.3 is 0 Å². The van der Waals surface area contributed by atoms with E-state index < -0.39 is 0 Å². The van der Waals surface area contributed by atoms with Gasteiger partial charge in [-0.15, -0.1) is 0 Å². The summed E-state index contributed by atoms with van der Waals surface area (Å²) in [5, 5.41) is 6.55. The fourth-order valence-electron chi connectivity index (χ4n) is 2.60. The molecule has 2 N–H and O–H groups in total. The number of rotatable bonds is 9. The Kier molecular flexibility index (Phi) is 6.90. The van der Waals surface area contributed by atoms with E-state index in [-0.39, 0.29) is 23.7 Å². The van der Waals surface area contributed by atoms with E-state index in [9.17, 15) is 9.59 Å². The average Bonchev–Trinajstić information content (AvgIpc) is 3.34. The number of unbranched alkanes of at least 4 members (excludes halogenated alkanes) is 2. The van der Waals surface area contributed by atoms with Gasteiger partial charge in [-0.2, -0.15) is 0 Å². The Morgan fingerprint density at radius 2 is 1.65 bits per heavy atom. The van der Waals surface area contributed by atoms with Gasteiger partial charge in [0.1, 0.15) is 0 Å². The Morgan fingerprint density at radius 1 is 1.04 bits per heavy atom. The molecule has 0 spiro atoms. The monoisotopic (exact) mass is 336 g/mol. The zero-order valence-corrected chi connectivity index (χ0v) is 14.4. The first-order valence-electron chi connectivity index (χ1n) is 8.41. The smallest absolute Gasteiger partial charge is 0.223 e. The van der Waals surface area contributed by atoms with Gasteiger partial charge in [-0.1, -0.05) is 43.5 Å². The lowest BCUT2D eigenvalue weighted by molar-refractivity contribution is -0.127.